The van der Waals surface area contributed by atoms with Crippen LogP contribution in [-0.2, 0) is 15.1 Å². The van der Waals surface area contributed by atoms with Gasteiger partial charge in [0.05, 0.1) is 22.4 Å². The predicted octanol–water partition coefficient (Wildman–Crippen LogP) is 7.31. The first-order valence-corrected chi connectivity index (χ1v) is 13.2. The highest BCUT2D eigenvalue weighted by atomic mass is 35.5. The molecule has 1 saturated carbocycles. The van der Waals surface area contributed by atoms with Crippen molar-refractivity contribution >= 4 is 40.7 Å². The number of amides is 2. The summed E-state index contributed by atoms with van der Waals surface area (Å²) < 4.78 is 20.7. The topological polar surface area (TPSA) is 67.4 Å². The standard InChI is InChI=1S/C28H31Cl2FN2O3/c1-28(2,17-8-7-9-18(29)14-17)33-27(35)21-13-6-5-12-20(21)26(34)32-24-16-25(22(30)15-23(24)31)36-19-10-3-4-11-19/h7-9,14-16,19H,3-6,10-13H2,1-2H3,(H,32,34)(H,33,35). The summed E-state index contributed by atoms with van der Waals surface area (Å²) >= 11 is 12.3. The van der Waals surface area contributed by atoms with Crippen molar-refractivity contribution in [1.82, 2.24) is 5.32 Å². The Morgan fingerprint density at radius 3 is 2.31 bits per heavy atom. The van der Waals surface area contributed by atoms with E-state index in [1.54, 1.807) is 12.1 Å². The lowest BCUT2D eigenvalue weighted by Gasteiger charge is -2.29. The van der Waals surface area contributed by atoms with Crippen molar-refractivity contribution < 1.29 is 18.7 Å². The van der Waals surface area contributed by atoms with Gasteiger partial charge in [-0.05, 0) is 89.0 Å². The van der Waals surface area contributed by atoms with Crippen molar-refractivity contribution in [2.75, 3.05) is 5.32 Å². The van der Waals surface area contributed by atoms with Crippen LogP contribution in [0.3, 0.4) is 0 Å². The van der Waals surface area contributed by atoms with E-state index < -0.39 is 17.3 Å². The molecule has 1 fully saturated rings. The fraction of sp³-hybridized carbons (Fsp3) is 0.429. The molecule has 0 radical (unpaired) electrons. The van der Waals surface area contributed by atoms with Gasteiger partial charge in [0, 0.05) is 22.2 Å². The lowest BCUT2D eigenvalue weighted by atomic mass is 9.88. The smallest absolute Gasteiger partial charge is 0.252 e. The summed E-state index contributed by atoms with van der Waals surface area (Å²) in [6.45, 7) is 3.77. The summed E-state index contributed by atoms with van der Waals surface area (Å²) in [5.74, 6) is -1.11. The molecule has 4 rings (SSSR count). The minimum Gasteiger partial charge on any atom is -0.489 e. The molecular weight excluding hydrogens is 502 g/mol. The summed E-state index contributed by atoms with van der Waals surface area (Å²) in [4.78, 5) is 26.6. The maximum atomic E-state index is 14.7. The third-order valence-electron chi connectivity index (χ3n) is 6.85. The van der Waals surface area contributed by atoms with E-state index in [-0.39, 0.29) is 22.7 Å². The maximum Gasteiger partial charge on any atom is 0.252 e. The Labute approximate surface area is 221 Å². The fourth-order valence-electron chi connectivity index (χ4n) is 4.81. The maximum absolute atomic E-state index is 14.7. The van der Waals surface area contributed by atoms with Crippen LogP contribution in [0.15, 0.2) is 47.5 Å². The van der Waals surface area contributed by atoms with E-state index in [1.807, 2.05) is 26.0 Å². The van der Waals surface area contributed by atoms with E-state index in [0.29, 0.717) is 34.8 Å². The van der Waals surface area contributed by atoms with Crippen LogP contribution < -0.4 is 15.4 Å². The van der Waals surface area contributed by atoms with Crippen LogP contribution in [-0.4, -0.2) is 17.9 Å². The summed E-state index contributed by atoms with van der Waals surface area (Å²) in [5.41, 5.74) is 0.917. The number of benzene rings is 2. The average Bonchev–Trinajstić information content (AvgIpc) is 3.35. The number of halogens is 3. The monoisotopic (exact) mass is 532 g/mol. The Bertz CT molecular complexity index is 1190. The molecule has 0 saturated heterocycles. The van der Waals surface area contributed by atoms with Crippen molar-refractivity contribution in [1.29, 1.82) is 0 Å². The van der Waals surface area contributed by atoms with E-state index in [1.165, 1.54) is 6.07 Å². The van der Waals surface area contributed by atoms with Crippen molar-refractivity contribution in [3.05, 3.63) is 69.0 Å². The van der Waals surface area contributed by atoms with Gasteiger partial charge in [-0.3, -0.25) is 9.59 Å². The fourth-order valence-corrected chi connectivity index (χ4v) is 5.20. The molecule has 192 valence electrons. The Kier molecular flexibility index (Phi) is 8.26. The number of rotatable bonds is 7. The molecular formula is C28H31Cl2FN2O3. The molecule has 36 heavy (non-hydrogen) atoms. The van der Waals surface area contributed by atoms with E-state index >= 15 is 0 Å². The normalized spacial score (nSPS) is 16.7. The molecule has 2 aliphatic rings. The Morgan fingerprint density at radius 2 is 1.64 bits per heavy atom. The van der Waals surface area contributed by atoms with E-state index in [4.69, 9.17) is 27.9 Å². The molecule has 2 aromatic rings. The molecule has 8 heteroatoms. The second-order valence-electron chi connectivity index (χ2n) is 9.99. The number of carbonyl (C=O) groups excluding carboxylic acids is 2. The van der Waals surface area contributed by atoms with Gasteiger partial charge in [0.2, 0.25) is 5.91 Å². The largest absolute Gasteiger partial charge is 0.489 e. The van der Waals surface area contributed by atoms with Crippen molar-refractivity contribution in [3.63, 3.8) is 0 Å². The zero-order chi connectivity index (χ0) is 25.9. The van der Waals surface area contributed by atoms with Gasteiger partial charge in [-0.15, -0.1) is 0 Å². The third kappa shape index (κ3) is 6.22. The molecule has 2 aromatic carbocycles. The van der Waals surface area contributed by atoms with Gasteiger partial charge in [-0.1, -0.05) is 35.3 Å². The van der Waals surface area contributed by atoms with E-state index in [9.17, 15) is 14.0 Å². The highest BCUT2D eigenvalue weighted by Gasteiger charge is 2.29. The molecule has 0 aliphatic heterocycles. The van der Waals surface area contributed by atoms with E-state index in [2.05, 4.69) is 10.6 Å². The zero-order valence-corrected chi connectivity index (χ0v) is 22.1. The highest BCUT2D eigenvalue weighted by molar-refractivity contribution is 6.32. The highest BCUT2D eigenvalue weighted by Crippen LogP contribution is 2.35. The predicted molar refractivity (Wildman–Crippen MR) is 141 cm³/mol. The van der Waals surface area contributed by atoms with Crippen LogP contribution >= 0.6 is 23.2 Å². The molecule has 0 heterocycles. The summed E-state index contributed by atoms with van der Waals surface area (Å²) in [5, 5.41) is 6.43. The first-order valence-electron chi connectivity index (χ1n) is 12.4. The van der Waals surface area contributed by atoms with Gasteiger partial charge < -0.3 is 15.4 Å². The summed E-state index contributed by atoms with van der Waals surface area (Å²) in [7, 11) is 0. The van der Waals surface area contributed by atoms with Crippen LogP contribution in [0.5, 0.6) is 5.75 Å². The second-order valence-corrected chi connectivity index (χ2v) is 10.8. The molecule has 0 aromatic heterocycles. The van der Waals surface area contributed by atoms with Gasteiger partial charge in [0.25, 0.3) is 5.91 Å². The SMILES string of the molecule is CC(C)(NC(=O)C1=C(C(=O)Nc2cc(OC3CCCC3)c(Cl)cc2F)CCCC1)c1cccc(Cl)c1. The third-order valence-corrected chi connectivity index (χ3v) is 7.38. The first kappa shape index (κ1) is 26.5. The summed E-state index contributed by atoms with van der Waals surface area (Å²) in [6, 6.07) is 9.88. The number of nitrogens with one attached hydrogen (secondary N) is 2. The second kappa shape index (κ2) is 11.2. The van der Waals surface area contributed by atoms with Crippen LogP contribution in [0.2, 0.25) is 10.0 Å². The molecule has 0 spiro atoms. The van der Waals surface area contributed by atoms with Gasteiger partial charge in [-0.25, -0.2) is 4.39 Å². The van der Waals surface area contributed by atoms with Crippen LogP contribution in [0.25, 0.3) is 0 Å². The molecule has 0 unspecified atom stereocenters. The zero-order valence-electron chi connectivity index (χ0n) is 20.6. The van der Waals surface area contributed by atoms with Gasteiger partial charge in [0.15, 0.2) is 0 Å². The molecule has 0 bridgehead atoms. The van der Waals surface area contributed by atoms with Gasteiger partial charge in [-0.2, -0.15) is 0 Å². The lowest BCUT2D eigenvalue weighted by molar-refractivity contribution is -0.120. The average molecular weight is 533 g/mol. The van der Waals surface area contributed by atoms with Crippen molar-refractivity contribution in [2.24, 2.45) is 0 Å². The minimum absolute atomic E-state index is 0.0190. The van der Waals surface area contributed by atoms with Crippen molar-refractivity contribution in [3.8, 4) is 5.75 Å². The number of hydrogen-bond donors (Lipinski definition) is 2. The Morgan fingerprint density at radius 1 is 0.972 bits per heavy atom. The quantitative estimate of drug-likeness (QED) is 0.392. The van der Waals surface area contributed by atoms with Crippen LogP contribution in [0.1, 0.15) is 70.8 Å². The van der Waals surface area contributed by atoms with Gasteiger partial charge >= 0.3 is 0 Å². The van der Waals surface area contributed by atoms with Crippen LogP contribution in [0, 0.1) is 5.82 Å². The lowest BCUT2D eigenvalue weighted by Crippen LogP contribution is -2.42. The molecule has 0 atom stereocenters. The number of hydrogen-bond acceptors (Lipinski definition) is 3. The van der Waals surface area contributed by atoms with E-state index in [0.717, 1.165) is 50.2 Å². The van der Waals surface area contributed by atoms with Gasteiger partial charge in [0.1, 0.15) is 11.6 Å². The molecule has 2 aliphatic carbocycles. The minimum atomic E-state index is -0.706. The number of ether oxygens (including phenoxy) is 1. The number of anilines is 1. The van der Waals surface area contributed by atoms with Crippen molar-refractivity contribution in [2.45, 2.75) is 76.9 Å². The molecule has 5 nitrogen and oxygen atoms in total. The Balaban J connectivity index is 1.54. The Hall–Kier alpha value is -2.57. The molecule has 2 N–H and O–H groups in total. The van der Waals surface area contributed by atoms with Crippen LogP contribution in [0.4, 0.5) is 10.1 Å². The number of carbonyl (C=O) groups is 2. The first-order chi connectivity index (χ1) is 17.1. The summed E-state index contributed by atoms with van der Waals surface area (Å²) in [6.07, 6.45) is 6.53. The molecule has 2 amide bonds.